The van der Waals surface area contributed by atoms with Gasteiger partial charge in [-0.1, -0.05) is 6.92 Å². The lowest BCUT2D eigenvalue weighted by Gasteiger charge is -2.31. The van der Waals surface area contributed by atoms with E-state index in [4.69, 9.17) is 10.7 Å². The summed E-state index contributed by atoms with van der Waals surface area (Å²) >= 11 is 0. The smallest absolute Gasteiger partial charge is 0.110 e. The van der Waals surface area contributed by atoms with Crippen LogP contribution >= 0.6 is 0 Å². The van der Waals surface area contributed by atoms with E-state index in [2.05, 4.69) is 22.6 Å². The number of imidazole rings is 1. The van der Waals surface area contributed by atoms with E-state index in [0.717, 1.165) is 25.2 Å². The van der Waals surface area contributed by atoms with Crippen LogP contribution in [0.15, 0.2) is 6.20 Å². The summed E-state index contributed by atoms with van der Waals surface area (Å²) in [6.45, 7) is 5.96. The van der Waals surface area contributed by atoms with Gasteiger partial charge in [0.25, 0.3) is 0 Å². The highest BCUT2D eigenvalue weighted by atomic mass is 15.2. The summed E-state index contributed by atoms with van der Waals surface area (Å²) in [6, 6.07) is 0. The lowest BCUT2D eigenvalue weighted by atomic mass is 9.94. The summed E-state index contributed by atoms with van der Waals surface area (Å²) in [5.74, 6) is 1.98. The van der Waals surface area contributed by atoms with Gasteiger partial charge in [-0.25, -0.2) is 4.98 Å². The summed E-state index contributed by atoms with van der Waals surface area (Å²) in [5, 5.41) is 0. The van der Waals surface area contributed by atoms with Gasteiger partial charge < -0.3 is 15.2 Å². The molecule has 0 amide bonds. The quantitative estimate of drug-likeness (QED) is 0.905. The maximum atomic E-state index is 6.15. The van der Waals surface area contributed by atoms with E-state index in [1.165, 1.54) is 50.4 Å². The lowest BCUT2D eigenvalue weighted by molar-refractivity contribution is 0.181. The van der Waals surface area contributed by atoms with Crippen LogP contribution in [0.3, 0.4) is 0 Å². The molecule has 3 rings (SSSR count). The van der Waals surface area contributed by atoms with Crippen molar-refractivity contribution in [3.8, 4) is 0 Å². The Bertz CT molecular complexity index is 426. The maximum Gasteiger partial charge on any atom is 0.110 e. The summed E-state index contributed by atoms with van der Waals surface area (Å²) < 4.78 is 2.21. The minimum absolute atomic E-state index is 0.156. The number of nitrogens with zero attached hydrogens (tertiary/aromatic N) is 3. The van der Waals surface area contributed by atoms with Gasteiger partial charge in [0, 0.05) is 19.2 Å². The zero-order valence-electron chi connectivity index (χ0n) is 12.0. The van der Waals surface area contributed by atoms with Crippen molar-refractivity contribution in [1.82, 2.24) is 14.5 Å². The van der Waals surface area contributed by atoms with Crippen LogP contribution in [0.4, 0.5) is 0 Å². The van der Waals surface area contributed by atoms with Crippen molar-refractivity contribution in [3.63, 3.8) is 0 Å². The molecule has 2 aliphatic rings. The van der Waals surface area contributed by atoms with Crippen molar-refractivity contribution in [3.05, 3.63) is 17.7 Å². The average molecular weight is 262 g/mol. The SMILES string of the molecule is CCN1CCCC(Cc2cn3c(n2)CCCC3N)C1. The van der Waals surface area contributed by atoms with E-state index >= 15 is 0 Å². The van der Waals surface area contributed by atoms with E-state index < -0.39 is 0 Å². The Morgan fingerprint density at radius 3 is 3.05 bits per heavy atom. The number of fused-ring (bicyclic) bond motifs is 1. The first-order valence-corrected chi connectivity index (χ1v) is 7.81. The third kappa shape index (κ3) is 2.84. The van der Waals surface area contributed by atoms with Gasteiger partial charge in [0.2, 0.25) is 0 Å². The molecule has 1 aromatic heterocycles. The van der Waals surface area contributed by atoms with Gasteiger partial charge in [-0.15, -0.1) is 0 Å². The Kier molecular flexibility index (Phi) is 3.89. The van der Waals surface area contributed by atoms with E-state index in [1.807, 2.05) is 0 Å². The molecule has 1 saturated heterocycles. The largest absolute Gasteiger partial charge is 0.319 e. The summed E-state index contributed by atoms with van der Waals surface area (Å²) in [6.07, 6.45) is 9.56. The first-order chi connectivity index (χ1) is 9.26. The molecule has 4 heteroatoms. The van der Waals surface area contributed by atoms with Gasteiger partial charge in [-0.05, 0) is 51.1 Å². The molecule has 19 heavy (non-hydrogen) atoms. The predicted molar refractivity (Wildman–Crippen MR) is 76.9 cm³/mol. The summed E-state index contributed by atoms with van der Waals surface area (Å²) in [5.41, 5.74) is 7.41. The van der Waals surface area contributed by atoms with Crippen LogP contribution in [-0.2, 0) is 12.8 Å². The van der Waals surface area contributed by atoms with Crippen molar-refractivity contribution < 1.29 is 0 Å². The Morgan fingerprint density at radius 2 is 2.26 bits per heavy atom. The molecule has 4 nitrogen and oxygen atoms in total. The third-order valence-electron chi connectivity index (χ3n) is 4.66. The molecule has 1 aromatic rings. The summed E-state index contributed by atoms with van der Waals surface area (Å²) in [4.78, 5) is 7.38. The molecule has 2 N–H and O–H groups in total. The topological polar surface area (TPSA) is 47.1 Å². The molecule has 2 unspecified atom stereocenters. The van der Waals surface area contributed by atoms with Crippen LogP contribution in [0.5, 0.6) is 0 Å². The number of hydrogen-bond acceptors (Lipinski definition) is 3. The van der Waals surface area contributed by atoms with Crippen LogP contribution in [0, 0.1) is 5.92 Å². The lowest BCUT2D eigenvalue weighted by Crippen LogP contribution is -2.35. The molecule has 2 atom stereocenters. The van der Waals surface area contributed by atoms with Crippen LogP contribution in [0.1, 0.15) is 50.3 Å². The van der Waals surface area contributed by atoms with Gasteiger partial charge in [-0.2, -0.15) is 0 Å². The molecule has 0 saturated carbocycles. The zero-order valence-corrected chi connectivity index (χ0v) is 12.0. The summed E-state index contributed by atoms with van der Waals surface area (Å²) in [7, 11) is 0. The molecular weight excluding hydrogens is 236 g/mol. The molecule has 1 fully saturated rings. The number of rotatable bonds is 3. The van der Waals surface area contributed by atoms with Crippen LogP contribution in [0.25, 0.3) is 0 Å². The first-order valence-electron chi connectivity index (χ1n) is 7.81. The molecule has 0 aromatic carbocycles. The fourth-order valence-electron chi connectivity index (χ4n) is 3.57. The number of piperidine rings is 1. The van der Waals surface area contributed by atoms with Crippen molar-refractivity contribution in [1.29, 1.82) is 0 Å². The maximum absolute atomic E-state index is 6.15. The van der Waals surface area contributed by atoms with E-state index in [9.17, 15) is 0 Å². The van der Waals surface area contributed by atoms with Crippen molar-refractivity contribution >= 4 is 0 Å². The third-order valence-corrected chi connectivity index (χ3v) is 4.66. The normalized spacial score (nSPS) is 28.3. The van der Waals surface area contributed by atoms with Gasteiger partial charge >= 0.3 is 0 Å². The standard InChI is InChI=1S/C15H26N4/c1-2-18-8-4-5-12(10-18)9-13-11-19-14(16)6-3-7-15(19)17-13/h11-12,14H,2-10,16H2,1H3. The highest BCUT2D eigenvalue weighted by molar-refractivity contribution is 5.09. The van der Waals surface area contributed by atoms with Crippen molar-refractivity contribution in [2.24, 2.45) is 11.7 Å². The second-order valence-electron chi connectivity index (χ2n) is 6.12. The Balaban J connectivity index is 1.66. The minimum Gasteiger partial charge on any atom is -0.319 e. The number of likely N-dealkylation sites (tertiary alicyclic amines) is 1. The molecule has 0 radical (unpaired) electrons. The molecule has 0 aliphatic carbocycles. The second kappa shape index (κ2) is 5.63. The fourth-order valence-corrected chi connectivity index (χ4v) is 3.57. The molecular formula is C15H26N4. The first kappa shape index (κ1) is 13.1. The van der Waals surface area contributed by atoms with Gasteiger partial charge in [0.05, 0.1) is 11.9 Å². The number of nitrogens with two attached hydrogens (primary N) is 1. The van der Waals surface area contributed by atoms with E-state index in [1.54, 1.807) is 0 Å². The average Bonchev–Trinajstić information content (AvgIpc) is 2.83. The number of aryl methyl sites for hydroxylation is 1. The Hall–Kier alpha value is -0.870. The van der Waals surface area contributed by atoms with Gasteiger partial charge in [0.15, 0.2) is 0 Å². The predicted octanol–water partition coefficient (Wildman–Crippen LogP) is 1.95. The van der Waals surface area contributed by atoms with E-state index in [0.29, 0.717) is 0 Å². The monoisotopic (exact) mass is 262 g/mol. The fraction of sp³-hybridized carbons (Fsp3) is 0.800. The van der Waals surface area contributed by atoms with Gasteiger partial charge in [0.1, 0.15) is 5.82 Å². The van der Waals surface area contributed by atoms with E-state index in [-0.39, 0.29) is 6.17 Å². The van der Waals surface area contributed by atoms with Crippen LogP contribution in [-0.4, -0.2) is 34.1 Å². The minimum atomic E-state index is 0.156. The molecule has 3 heterocycles. The Morgan fingerprint density at radius 1 is 1.37 bits per heavy atom. The van der Waals surface area contributed by atoms with Crippen molar-refractivity contribution in [2.75, 3.05) is 19.6 Å². The molecule has 2 aliphatic heterocycles. The highest BCUT2D eigenvalue weighted by Crippen LogP contribution is 2.24. The zero-order chi connectivity index (χ0) is 13.2. The van der Waals surface area contributed by atoms with Gasteiger partial charge in [-0.3, -0.25) is 0 Å². The van der Waals surface area contributed by atoms with Crippen LogP contribution < -0.4 is 5.73 Å². The second-order valence-corrected chi connectivity index (χ2v) is 6.12. The Labute approximate surface area is 116 Å². The number of hydrogen-bond donors (Lipinski definition) is 1. The van der Waals surface area contributed by atoms with Crippen LogP contribution in [0.2, 0.25) is 0 Å². The number of aromatic nitrogens is 2. The molecule has 106 valence electrons. The van der Waals surface area contributed by atoms with Crippen molar-refractivity contribution in [2.45, 2.75) is 51.6 Å². The molecule has 0 spiro atoms. The highest BCUT2D eigenvalue weighted by Gasteiger charge is 2.22. The molecule has 0 bridgehead atoms.